The Labute approximate surface area is 122 Å². The van der Waals surface area contributed by atoms with Gasteiger partial charge < -0.3 is 9.84 Å². The van der Waals surface area contributed by atoms with Gasteiger partial charge in [0.05, 0.1) is 19.1 Å². The van der Waals surface area contributed by atoms with Crippen LogP contribution in [0.1, 0.15) is 42.9 Å². The van der Waals surface area contributed by atoms with E-state index >= 15 is 0 Å². The summed E-state index contributed by atoms with van der Waals surface area (Å²) in [6, 6.07) is 5.09. The summed E-state index contributed by atoms with van der Waals surface area (Å²) in [5, 5.41) is 10.5. The summed E-state index contributed by atoms with van der Waals surface area (Å²) in [5.74, 6) is -1.53. The van der Waals surface area contributed by atoms with Crippen molar-refractivity contribution in [3.63, 3.8) is 0 Å². The van der Waals surface area contributed by atoms with E-state index in [0.29, 0.717) is 24.2 Å². The lowest BCUT2D eigenvalue weighted by molar-refractivity contribution is -0.207. The van der Waals surface area contributed by atoms with E-state index < -0.39 is 24.1 Å². The van der Waals surface area contributed by atoms with Crippen LogP contribution in [-0.4, -0.2) is 18.4 Å². The maximum Gasteiger partial charge on any atom is 0.392 e. The number of methoxy groups -OCH3 is 1. The van der Waals surface area contributed by atoms with Crippen LogP contribution in [0.25, 0.3) is 0 Å². The second-order valence-electron chi connectivity index (χ2n) is 5.76. The molecular weight excluding hydrogens is 281 g/mol. The number of halogens is 3. The lowest BCUT2D eigenvalue weighted by Crippen LogP contribution is -2.36. The van der Waals surface area contributed by atoms with Crippen LogP contribution in [0.4, 0.5) is 13.2 Å². The van der Waals surface area contributed by atoms with Crippen molar-refractivity contribution in [3.8, 4) is 5.75 Å². The zero-order chi connectivity index (χ0) is 15.6. The molecule has 3 unspecified atom stereocenters. The first kappa shape index (κ1) is 16.1. The molecule has 1 aromatic carbocycles. The first-order chi connectivity index (χ1) is 9.84. The van der Waals surface area contributed by atoms with Gasteiger partial charge in [0.1, 0.15) is 5.75 Å². The molecule has 0 amide bonds. The highest BCUT2D eigenvalue weighted by Gasteiger charge is 2.48. The predicted molar refractivity (Wildman–Crippen MR) is 74.2 cm³/mol. The van der Waals surface area contributed by atoms with Gasteiger partial charge in [0.2, 0.25) is 0 Å². The molecule has 0 spiro atoms. The van der Waals surface area contributed by atoms with E-state index in [1.807, 2.05) is 0 Å². The maximum absolute atomic E-state index is 13.2. The number of aliphatic hydroxyl groups excluding tert-OH is 1. The largest absolute Gasteiger partial charge is 0.497 e. The minimum atomic E-state index is -4.24. The predicted octanol–water partition coefficient (Wildman–Crippen LogP) is 4.41. The zero-order valence-electron chi connectivity index (χ0n) is 12.3. The molecule has 2 nitrogen and oxygen atoms in total. The second-order valence-corrected chi connectivity index (χ2v) is 5.76. The molecule has 1 aliphatic rings. The molecule has 0 aliphatic heterocycles. The van der Waals surface area contributed by atoms with E-state index in [2.05, 4.69) is 0 Å². The Hall–Kier alpha value is -1.23. The number of aryl methyl sites for hydroxylation is 1. The molecule has 0 heterocycles. The molecule has 5 heteroatoms. The fourth-order valence-electron chi connectivity index (χ4n) is 3.28. The molecule has 1 aromatic rings. The first-order valence-electron chi connectivity index (χ1n) is 7.24. The monoisotopic (exact) mass is 302 g/mol. The standard InChI is InChI=1S/C16H21F3O2/c1-10-9-11(21-2)7-8-12(10)15(20)13-5-3-4-6-14(13)16(17,18)19/h7-9,13-15,20H,3-6H2,1-2H3. The fourth-order valence-corrected chi connectivity index (χ4v) is 3.28. The number of alkyl halides is 3. The molecule has 21 heavy (non-hydrogen) atoms. The number of benzene rings is 1. The van der Waals surface area contributed by atoms with E-state index in [1.165, 1.54) is 7.11 Å². The second kappa shape index (κ2) is 6.26. The van der Waals surface area contributed by atoms with Crippen molar-refractivity contribution < 1.29 is 23.0 Å². The third kappa shape index (κ3) is 3.51. The summed E-state index contributed by atoms with van der Waals surface area (Å²) in [7, 11) is 1.53. The quantitative estimate of drug-likeness (QED) is 0.896. The molecular formula is C16H21F3O2. The molecule has 0 aromatic heterocycles. The molecule has 1 N–H and O–H groups in total. The van der Waals surface area contributed by atoms with Gasteiger partial charge in [-0.25, -0.2) is 0 Å². The van der Waals surface area contributed by atoms with Gasteiger partial charge in [0, 0.05) is 5.92 Å². The highest BCUT2D eigenvalue weighted by molar-refractivity contribution is 5.36. The average molecular weight is 302 g/mol. The van der Waals surface area contributed by atoms with Gasteiger partial charge in [-0.1, -0.05) is 18.9 Å². The molecule has 0 radical (unpaired) electrons. The SMILES string of the molecule is COc1ccc(C(O)C2CCCCC2C(F)(F)F)c(C)c1. The van der Waals surface area contributed by atoms with Crippen LogP contribution >= 0.6 is 0 Å². The molecule has 2 rings (SSSR count). The first-order valence-corrected chi connectivity index (χ1v) is 7.24. The molecule has 3 atom stereocenters. The summed E-state index contributed by atoms with van der Waals surface area (Å²) in [4.78, 5) is 0. The van der Waals surface area contributed by atoms with E-state index in [1.54, 1.807) is 25.1 Å². The molecule has 0 bridgehead atoms. The van der Waals surface area contributed by atoms with E-state index in [9.17, 15) is 18.3 Å². The topological polar surface area (TPSA) is 29.5 Å². The molecule has 1 aliphatic carbocycles. The van der Waals surface area contributed by atoms with Crippen LogP contribution in [-0.2, 0) is 0 Å². The number of hydrogen-bond donors (Lipinski definition) is 1. The molecule has 118 valence electrons. The van der Waals surface area contributed by atoms with Gasteiger partial charge in [-0.15, -0.1) is 0 Å². The Kier molecular flexibility index (Phi) is 4.81. The average Bonchev–Trinajstić information content (AvgIpc) is 2.45. The van der Waals surface area contributed by atoms with Crippen LogP contribution in [0.15, 0.2) is 18.2 Å². The zero-order valence-corrected chi connectivity index (χ0v) is 12.3. The van der Waals surface area contributed by atoms with Crippen molar-refractivity contribution >= 4 is 0 Å². The number of aliphatic hydroxyl groups is 1. The fraction of sp³-hybridized carbons (Fsp3) is 0.625. The lowest BCUT2D eigenvalue weighted by Gasteiger charge is -2.36. The Balaban J connectivity index is 2.26. The lowest BCUT2D eigenvalue weighted by atomic mass is 9.73. The summed E-state index contributed by atoms with van der Waals surface area (Å²) >= 11 is 0. The van der Waals surface area contributed by atoms with Crippen molar-refractivity contribution in [1.29, 1.82) is 0 Å². The van der Waals surface area contributed by atoms with Crippen LogP contribution in [0, 0.1) is 18.8 Å². The Morgan fingerprint density at radius 2 is 1.90 bits per heavy atom. The van der Waals surface area contributed by atoms with Gasteiger partial charge in [-0.2, -0.15) is 13.2 Å². The molecule has 1 fully saturated rings. The van der Waals surface area contributed by atoms with E-state index in [-0.39, 0.29) is 6.42 Å². The Morgan fingerprint density at radius 1 is 1.24 bits per heavy atom. The van der Waals surface area contributed by atoms with Crippen molar-refractivity contribution in [2.24, 2.45) is 11.8 Å². The van der Waals surface area contributed by atoms with Crippen molar-refractivity contribution in [2.45, 2.75) is 44.9 Å². The van der Waals surface area contributed by atoms with Gasteiger partial charge in [-0.05, 0) is 43.0 Å². The number of ether oxygens (including phenoxy) is 1. The minimum Gasteiger partial charge on any atom is -0.497 e. The number of rotatable bonds is 3. The van der Waals surface area contributed by atoms with Gasteiger partial charge in [-0.3, -0.25) is 0 Å². The summed E-state index contributed by atoms with van der Waals surface area (Å²) in [5.41, 5.74) is 1.32. The van der Waals surface area contributed by atoms with Crippen LogP contribution < -0.4 is 4.74 Å². The van der Waals surface area contributed by atoms with Crippen molar-refractivity contribution in [2.75, 3.05) is 7.11 Å². The third-order valence-electron chi connectivity index (χ3n) is 4.44. The minimum absolute atomic E-state index is 0.112. The van der Waals surface area contributed by atoms with E-state index in [4.69, 9.17) is 4.74 Å². The van der Waals surface area contributed by atoms with Crippen molar-refractivity contribution in [3.05, 3.63) is 29.3 Å². The van der Waals surface area contributed by atoms with Crippen molar-refractivity contribution in [1.82, 2.24) is 0 Å². The highest BCUT2D eigenvalue weighted by Crippen LogP contribution is 2.47. The Bertz CT molecular complexity index is 485. The smallest absolute Gasteiger partial charge is 0.392 e. The van der Waals surface area contributed by atoms with Crippen LogP contribution in [0.5, 0.6) is 5.75 Å². The Morgan fingerprint density at radius 3 is 2.48 bits per heavy atom. The normalized spacial score (nSPS) is 24.7. The van der Waals surface area contributed by atoms with Gasteiger partial charge in [0.15, 0.2) is 0 Å². The summed E-state index contributed by atoms with van der Waals surface area (Å²) < 4.78 is 44.6. The van der Waals surface area contributed by atoms with Gasteiger partial charge in [0.25, 0.3) is 0 Å². The number of hydrogen-bond acceptors (Lipinski definition) is 2. The van der Waals surface area contributed by atoms with E-state index in [0.717, 1.165) is 12.0 Å². The van der Waals surface area contributed by atoms with Crippen LogP contribution in [0.2, 0.25) is 0 Å². The highest BCUT2D eigenvalue weighted by atomic mass is 19.4. The molecule has 0 saturated heterocycles. The van der Waals surface area contributed by atoms with Crippen LogP contribution in [0.3, 0.4) is 0 Å². The van der Waals surface area contributed by atoms with Gasteiger partial charge >= 0.3 is 6.18 Å². The molecule has 1 saturated carbocycles. The summed E-state index contributed by atoms with van der Waals surface area (Å²) in [6.07, 6.45) is -3.48. The maximum atomic E-state index is 13.2. The summed E-state index contributed by atoms with van der Waals surface area (Å²) in [6.45, 7) is 1.78. The third-order valence-corrected chi connectivity index (χ3v) is 4.44.